The number of hydrogen-bond acceptors (Lipinski definition) is 3. The van der Waals surface area contributed by atoms with E-state index >= 15 is 0 Å². The van der Waals surface area contributed by atoms with Crippen LogP contribution in [-0.2, 0) is 9.59 Å². The number of nitrogens with one attached hydrogen (secondary N) is 1. The van der Waals surface area contributed by atoms with E-state index in [1.165, 1.54) is 5.01 Å². The van der Waals surface area contributed by atoms with E-state index in [2.05, 4.69) is 5.43 Å². The van der Waals surface area contributed by atoms with Crippen LogP contribution in [0.2, 0.25) is 0 Å². The normalized spacial score (nSPS) is 15.6. The van der Waals surface area contributed by atoms with Gasteiger partial charge in [-0.2, -0.15) is 0 Å². The van der Waals surface area contributed by atoms with Crippen molar-refractivity contribution in [2.45, 2.75) is 0 Å². The van der Waals surface area contributed by atoms with Gasteiger partial charge in [0.1, 0.15) is 11.3 Å². The van der Waals surface area contributed by atoms with E-state index in [1.807, 2.05) is 54.6 Å². The van der Waals surface area contributed by atoms with Gasteiger partial charge < -0.3 is 4.74 Å². The maximum absolute atomic E-state index is 12.8. The number of ether oxygens (including phenoxy) is 1. The van der Waals surface area contributed by atoms with Crippen molar-refractivity contribution in [2.75, 3.05) is 12.1 Å². The summed E-state index contributed by atoms with van der Waals surface area (Å²) in [6.07, 6.45) is 1.60. The lowest BCUT2D eigenvalue weighted by atomic mass is 10.0. The van der Waals surface area contributed by atoms with Gasteiger partial charge in [-0.25, -0.2) is 5.01 Å². The quantitative estimate of drug-likeness (QED) is 0.586. The molecular formula is C21H16N2O3. The van der Waals surface area contributed by atoms with Crippen LogP contribution >= 0.6 is 0 Å². The summed E-state index contributed by atoms with van der Waals surface area (Å²) in [5.41, 5.74) is 4.00. The van der Waals surface area contributed by atoms with Crippen molar-refractivity contribution < 1.29 is 14.3 Å². The van der Waals surface area contributed by atoms with Gasteiger partial charge in [0.05, 0.1) is 12.8 Å². The number of fused-ring (bicyclic) bond motifs is 1. The van der Waals surface area contributed by atoms with Crippen molar-refractivity contribution in [3.63, 3.8) is 0 Å². The molecule has 1 saturated heterocycles. The Labute approximate surface area is 150 Å². The Hall–Kier alpha value is -3.60. The summed E-state index contributed by atoms with van der Waals surface area (Å²) in [6.45, 7) is 0. The number of carbonyl (C=O) groups is 2. The van der Waals surface area contributed by atoms with Gasteiger partial charge in [-0.3, -0.25) is 15.0 Å². The highest BCUT2D eigenvalue weighted by molar-refractivity contribution is 6.32. The first-order valence-corrected chi connectivity index (χ1v) is 8.17. The Morgan fingerprint density at radius 3 is 2.42 bits per heavy atom. The number of amides is 2. The van der Waals surface area contributed by atoms with E-state index < -0.39 is 11.8 Å². The summed E-state index contributed by atoms with van der Waals surface area (Å²) in [5.74, 6) is -0.222. The molecule has 5 nitrogen and oxygen atoms in total. The highest BCUT2D eigenvalue weighted by Gasteiger charge is 2.34. The fourth-order valence-corrected chi connectivity index (χ4v) is 3.06. The largest absolute Gasteiger partial charge is 0.496 e. The van der Waals surface area contributed by atoms with Crippen molar-refractivity contribution in [1.82, 2.24) is 5.43 Å². The summed E-state index contributed by atoms with van der Waals surface area (Å²) < 4.78 is 5.44. The minimum absolute atomic E-state index is 0.0727. The molecule has 3 aromatic rings. The van der Waals surface area contributed by atoms with Gasteiger partial charge in [0.15, 0.2) is 0 Å². The molecule has 0 spiro atoms. The van der Waals surface area contributed by atoms with E-state index in [0.717, 1.165) is 10.8 Å². The first-order chi connectivity index (χ1) is 12.7. The number of hydrazine groups is 1. The van der Waals surface area contributed by atoms with E-state index in [-0.39, 0.29) is 5.57 Å². The van der Waals surface area contributed by atoms with Gasteiger partial charge in [-0.05, 0) is 35.0 Å². The molecule has 128 valence electrons. The summed E-state index contributed by atoms with van der Waals surface area (Å²) in [4.78, 5) is 25.2. The molecule has 1 aliphatic rings. The second-order valence-electron chi connectivity index (χ2n) is 5.88. The van der Waals surface area contributed by atoms with Crippen LogP contribution in [0.15, 0.2) is 72.3 Å². The number of methoxy groups -OCH3 is 1. The van der Waals surface area contributed by atoms with Crippen molar-refractivity contribution >= 4 is 34.4 Å². The number of anilines is 1. The zero-order valence-electron chi connectivity index (χ0n) is 14.1. The zero-order chi connectivity index (χ0) is 18.1. The van der Waals surface area contributed by atoms with E-state index in [0.29, 0.717) is 17.0 Å². The monoisotopic (exact) mass is 344 g/mol. The fourth-order valence-electron chi connectivity index (χ4n) is 3.06. The number of carbonyl (C=O) groups excluding carboxylic acids is 2. The van der Waals surface area contributed by atoms with Gasteiger partial charge in [0.2, 0.25) is 0 Å². The smallest absolute Gasteiger partial charge is 0.282 e. The lowest BCUT2D eigenvalue weighted by Crippen LogP contribution is -2.35. The van der Waals surface area contributed by atoms with Crippen LogP contribution in [0.3, 0.4) is 0 Å². The van der Waals surface area contributed by atoms with Gasteiger partial charge in [0.25, 0.3) is 11.8 Å². The molecule has 4 rings (SSSR count). The topological polar surface area (TPSA) is 58.6 Å². The minimum atomic E-state index is -0.436. The molecule has 0 aliphatic carbocycles. The molecule has 0 radical (unpaired) electrons. The summed E-state index contributed by atoms with van der Waals surface area (Å²) in [6, 6.07) is 20.5. The first-order valence-electron chi connectivity index (χ1n) is 8.17. The van der Waals surface area contributed by atoms with Crippen LogP contribution < -0.4 is 15.2 Å². The number of hydrogen-bond donors (Lipinski definition) is 1. The average molecular weight is 344 g/mol. The number of benzene rings is 3. The molecule has 0 atom stereocenters. The number of nitrogens with zero attached hydrogens (tertiary/aromatic N) is 1. The molecule has 0 unspecified atom stereocenters. The molecule has 1 heterocycles. The fraction of sp³-hybridized carbons (Fsp3) is 0.0476. The second kappa shape index (κ2) is 6.37. The van der Waals surface area contributed by atoms with Gasteiger partial charge in [0, 0.05) is 5.56 Å². The first kappa shape index (κ1) is 15.9. The minimum Gasteiger partial charge on any atom is -0.496 e. The molecule has 0 bridgehead atoms. The molecule has 5 heteroatoms. The molecular weight excluding hydrogens is 328 g/mol. The van der Waals surface area contributed by atoms with Gasteiger partial charge in [-0.1, -0.05) is 48.5 Å². The van der Waals surface area contributed by atoms with Gasteiger partial charge in [-0.15, -0.1) is 0 Å². The van der Waals surface area contributed by atoms with Crippen LogP contribution in [0, 0.1) is 0 Å². The summed E-state index contributed by atoms with van der Waals surface area (Å²) >= 11 is 0. The molecule has 2 amide bonds. The second-order valence-corrected chi connectivity index (χ2v) is 5.88. The van der Waals surface area contributed by atoms with E-state index in [1.54, 1.807) is 25.3 Å². The predicted octanol–water partition coefficient (Wildman–Crippen LogP) is 3.31. The molecule has 1 N–H and O–H groups in total. The van der Waals surface area contributed by atoms with Crippen LogP contribution in [0.1, 0.15) is 5.56 Å². The maximum Gasteiger partial charge on any atom is 0.282 e. The highest BCUT2D eigenvalue weighted by atomic mass is 16.5. The summed E-state index contributed by atoms with van der Waals surface area (Å²) in [5, 5.41) is 3.18. The third-order valence-corrected chi connectivity index (χ3v) is 4.35. The van der Waals surface area contributed by atoms with Crippen molar-refractivity contribution in [1.29, 1.82) is 0 Å². The Balaban J connectivity index is 1.83. The van der Waals surface area contributed by atoms with Gasteiger partial charge >= 0.3 is 0 Å². The molecule has 1 fully saturated rings. The third-order valence-electron chi connectivity index (χ3n) is 4.35. The molecule has 1 aliphatic heterocycles. The standard InChI is InChI=1S/C21H16N2O3/c1-26-19-12-11-14-7-5-6-10-16(14)17(19)13-18-20(24)22-23(21(18)25)15-8-3-2-4-9-15/h2-13H,1H3,(H,22,24)/b18-13-. The van der Waals surface area contributed by atoms with Crippen molar-refractivity contribution in [3.8, 4) is 5.75 Å². The predicted molar refractivity (Wildman–Crippen MR) is 101 cm³/mol. The molecule has 0 saturated carbocycles. The number of rotatable bonds is 3. The van der Waals surface area contributed by atoms with Crippen LogP contribution in [0.5, 0.6) is 5.75 Å². The average Bonchev–Trinajstić information content (AvgIpc) is 2.97. The third kappa shape index (κ3) is 2.59. The van der Waals surface area contributed by atoms with Crippen molar-refractivity contribution in [3.05, 3.63) is 77.9 Å². The van der Waals surface area contributed by atoms with E-state index in [4.69, 9.17) is 4.74 Å². The summed E-state index contributed by atoms with van der Waals surface area (Å²) in [7, 11) is 1.57. The molecule has 26 heavy (non-hydrogen) atoms. The Kier molecular flexibility index (Phi) is 3.89. The lowest BCUT2D eigenvalue weighted by Gasteiger charge is -2.14. The number of para-hydroxylation sites is 1. The zero-order valence-corrected chi connectivity index (χ0v) is 14.1. The van der Waals surface area contributed by atoms with Crippen molar-refractivity contribution in [2.24, 2.45) is 0 Å². The highest BCUT2D eigenvalue weighted by Crippen LogP contribution is 2.31. The Morgan fingerprint density at radius 2 is 1.65 bits per heavy atom. The lowest BCUT2D eigenvalue weighted by molar-refractivity contribution is -0.117. The van der Waals surface area contributed by atoms with Crippen LogP contribution in [0.4, 0.5) is 5.69 Å². The maximum atomic E-state index is 12.8. The molecule has 0 aromatic heterocycles. The molecule has 3 aromatic carbocycles. The SMILES string of the molecule is COc1ccc2ccccc2c1/C=C1/C(=O)NN(c2ccccc2)C1=O. The van der Waals surface area contributed by atoms with Crippen LogP contribution in [-0.4, -0.2) is 18.9 Å². The van der Waals surface area contributed by atoms with Crippen LogP contribution in [0.25, 0.3) is 16.8 Å². The van der Waals surface area contributed by atoms with E-state index in [9.17, 15) is 9.59 Å². The Bertz CT molecular complexity index is 1040. The Morgan fingerprint density at radius 1 is 0.923 bits per heavy atom.